The SMILES string of the molecule is Cc1ccc(OCCN2CCN(S(C)(=O)=O)CC2)cc1C. The summed E-state index contributed by atoms with van der Waals surface area (Å²) in [7, 11) is -3.05. The molecule has 1 aromatic rings. The minimum absolute atomic E-state index is 0.572. The van der Waals surface area contributed by atoms with Crippen molar-refractivity contribution in [3.05, 3.63) is 29.3 Å². The largest absolute Gasteiger partial charge is 0.492 e. The lowest BCUT2D eigenvalue weighted by atomic mass is 10.1. The summed E-state index contributed by atoms with van der Waals surface area (Å²) in [5.41, 5.74) is 2.49. The fourth-order valence-electron chi connectivity index (χ4n) is 2.38. The summed E-state index contributed by atoms with van der Waals surface area (Å²) < 4.78 is 30.2. The van der Waals surface area contributed by atoms with Gasteiger partial charge in [-0.1, -0.05) is 6.07 Å². The van der Waals surface area contributed by atoms with Crippen LogP contribution in [0.15, 0.2) is 18.2 Å². The molecule has 1 aromatic carbocycles. The lowest BCUT2D eigenvalue weighted by Gasteiger charge is -2.33. The van der Waals surface area contributed by atoms with Gasteiger partial charge in [-0.3, -0.25) is 4.90 Å². The Balaban J connectivity index is 1.74. The van der Waals surface area contributed by atoms with E-state index in [1.807, 2.05) is 6.07 Å². The van der Waals surface area contributed by atoms with Gasteiger partial charge in [0.1, 0.15) is 12.4 Å². The first-order valence-electron chi connectivity index (χ1n) is 7.24. The van der Waals surface area contributed by atoms with Crippen LogP contribution in [0.3, 0.4) is 0 Å². The highest BCUT2D eigenvalue weighted by atomic mass is 32.2. The maximum absolute atomic E-state index is 11.4. The lowest BCUT2D eigenvalue weighted by molar-refractivity contribution is 0.159. The summed E-state index contributed by atoms with van der Waals surface area (Å²) in [6.45, 7) is 8.29. The van der Waals surface area contributed by atoms with Crippen LogP contribution in [0.25, 0.3) is 0 Å². The molecule has 0 N–H and O–H groups in total. The van der Waals surface area contributed by atoms with Crippen LogP contribution < -0.4 is 4.74 Å². The molecule has 0 aromatic heterocycles. The van der Waals surface area contributed by atoms with Crippen LogP contribution in [-0.2, 0) is 10.0 Å². The fraction of sp³-hybridized carbons (Fsp3) is 0.600. The molecule has 0 bridgehead atoms. The molecule has 0 radical (unpaired) electrons. The van der Waals surface area contributed by atoms with E-state index >= 15 is 0 Å². The van der Waals surface area contributed by atoms with E-state index in [0.29, 0.717) is 19.7 Å². The number of ether oxygens (including phenoxy) is 1. The molecule has 0 saturated carbocycles. The molecule has 1 aliphatic rings. The number of rotatable bonds is 5. The molecule has 0 amide bonds. The molecule has 1 heterocycles. The van der Waals surface area contributed by atoms with Crippen LogP contribution in [0.2, 0.25) is 0 Å². The lowest BCUT2D eigenvalue weighted by Crippen LogP contribution is -2.49. The van der Waals surface area contributed by atoms with Crippen molar-refractivity contribution in [2.45, 2.75) is 13.8 Å². The highest BCUT2D eigenvalue weighted by Gasteiger charge is 2.22. The van der Waals surface area contributed by atoms with Crippen molar-refractivity contribution in [2.24, 2.45) is 0 Å². The average Bonchev–Trinajstić information content (AvgIpc) is 2.42. The highest BCUT2D eigenvalue weighted by molar-refractivity contribution is 7.88. The van der Waals surface area contributed by atoms with Gasteiger partial charge in [0.15, 0.2) is 0 Å². The normalized spacial score (nSPS) is 17.9. The molecule has 2 rings (SSSR count). The van der Waals surface area contributed by atoms with Crippen LogP contribution >= 0.6 is 0 Å². The molecular weight excluding hydrogens is 288 g/mol. The van der Waals surface area contributed by atoms with E-state index in [2.05, 4.69) is 30.9 Å². The molecule has 118 valence electrons. The zero-order valence-corrected chi connectivity index (χ0v) is 13.8. The number of aryl methyl sites for hydroxylation is 2. The van der Waals surface area contributed by atoms with Gasteiger partial charge in [0.05, 0.1) is 6.26 Å². The van der Waals surface area contributed by atoms with Crippen molar-refractivity contribution in [3.8, 4) is 5.75 Å². The van der Waals surface area contributed by atoms with E-state index in [-0.39, 0.29) is 0 Å². The van der Waals surface area contributed by atoms with Crippen LogP contribution in [0, 0.1) is 13.8 Å². The van der Waals surface area contributed by atoms with Gasteiger partial charge in [0.2, 0.25) is 10.0 Å². The Morgan fingerprint density at radius 3 is 2.33 bits per heavy atom. The number of nitrogens with zero attached hydrogens (tertiary/aromatic N) is 2. The first kappa shape index (κ1) is 16.3. The van der Waals surface area contributed by atoms with Crippen molar-refractivity contribution in [1.29, 1.82) is 0 Å². The molecule has 1 saturated heterocycles. The van der Waals surface area contributed by atoms with E-state index in [4.69, 9.17) is 4.74 Å². The number of hydrogen-bond acceptors (Lipinski definition) is 4. The Bertz CT molecular complexity index is 579. The second-order valence-electron chi connectivity index (χ2n) is 5.60. The summed E-state index contributed by atoms with van der Waals surface area (Å²) >= 11 is 0. The molecule has 0 aliphatic carbocycles. The standard InChI is InChI=1S/C15H24N2O3S/c1-13-4-5-15(12-14(13)2)20-11-10-16-6-8-17(9-7-16)21(3,18)19/h4-5,12H,6-11H2,1-3H3. The maximum atomic E-state index is 11.4. The second-order valence-corrected chi connectivity index (χ2v) is 7.58. The third-order valence-electron chi connectivity index (χ3n) is 3.95. The first-order valence-corrected chi connectivity index (χ1v) is 9.08. The third kappa shape index (κ3) is 4.69. The van der Waals surface area contributed by atoms with Gasteiger partial charge in [0, 0.05) is 32.7 Å². The zero-order valence-electron chi connectivity index (χ0n) is 13.0. The van der Waals surface area contributed by atoms with E-state index in [9.17, 15) is 8.42 Å². The van der Waals surface area contributed by atoms with Gasteiger partial charge in [-0.15, -0.1) is 0 Å². The van der Waals surface area contributed by atoms with Gasteiger partial charge in [-0.25, -0.2) is 8.42 Å². The molecular formula is C15H24N2O3S. The van der Waals surface area contributed by atoms with Gasteiger partial charge in [0.25, 0.3) is 0 Å². The Kier molecular flexibility index (Phi) is 5.24. The van der Waals surface area contributed by atoms with Crippen LogP contribution in [0.1, 0.15) is 11.1 Å². The molecule has 1 aliphatic heterocycles. The second kappa shape index (κ2) is 6.77. The van der Waals surface area contributed by atoms with Gasteiger partial charge in [-0.2, -0.15) is 4.31 Å². The van der Waals surface area contributed by atoms with Crippen molar-refractivity contribution in [2.75, 3.05) is 45.6 Å². The summed E-state index contributed by atoms with van der Waals surface area (Å²) in [4.78, 5) is 2.24. The van der Waals surface area contributed by atoms with Crippen molar-refractivity contribution in [3.63, 3.8) is 0 Å². The third-order valence-corrected chi connectivity index (χ3v) is 5.26. The average molecular weight is 312 g/mol. The number of sulfonamides is 1. The van der Waals surface area contributed by atoms with Crippen molar-refractivity contribution >= 4 is 10.0 Å². The van der Waals surface area contributed by atoms with E-state index < -0.39 is 10.0 Å². The number of piperazine rings is 1. The van der Waals surface area contributed by atoms with E-state index in [0.717, 1.165) is 25.4 Å². The minimum Gasteiger partial charge on any atom is -0.492 e. The van der Waals surface area contributed by atoms with Crippen molar-refractivity contribution in [1.82, 2.24) is 9.21 Å². The molecule has 1 fully saturated rings. The van der Waals surface area contributed by atoms with Gasteiger partial charge < -0.3 is 4.74 Å². The van der Waals surface area contributed by atoms with E-state index in [1.165, 1.54) is 21.7 Å². The quantitative estimate of drug-likeness (QED) is 0.821. The topological polar surface area (TPSA) is 49.9 Å². The minimum atomic E-state index is -3.05. The molecule has 5 nitrogen and oxygen atoms in total. The smallest absolute Gasteiger partial charge is 0.211 e. The van der Waals surface area contributed by atoms with Gasteiger partial charge in [-0.05, 0) is 37.1 Å². The molecule has 0 unspecified atom stereocenters. The van der Waals surface area contributed by atoms with E-state index in [1.54, 1.807) is 0 Å². The summed E-state index contributed by atoms with van der Waals surface area (Å²) in [5, 5.41) is 0. The Morgan fingerprint density at radius 1 is 1.10 bits per heavy atom. The monoisotopic (exact) mass is 312 g/mol. The van der Waals surface area contributed by atoms with Crippen LogP contribution in [0.4, 0.5) is 0 Å². The molecule has 21 heavy (non-hydrogen) atoms. The summed E-state index contributed by atoms with van der Waals surface area (Å²) in [5.74, 6) is 0.896. The first-order chi connectivity index (χ1) is 9.86. The summed E-state index contributed by atoms with van der Waals surface area (Å²) in [6.07, 6.45) is 1.27. The highest BCUT2D eigenvalue weighted by Crippen LogP contribution is 2.16. The molecule has 0 spiro atoms. The zero-order chi connectivity index (χ0) is 15.5. The van der Waals surface area contributed by atoms with Crippen LogP contribution in [-0.4, -0.2) is 63.2 Å². The predicted octanol–water partition coefficient (Wildman–Crippen LogP) is 1.26. The fourth-order valence-corrected chi connectivity index (χ4v) is 3.21. The molecule has 6 heteroatoms. The maximum Gasteiger partial charge on any atom is 0.211 e. The number of benzene rings is 1. The van der Waals surface area contributed by atoms with Crippen LogP contribution in [0.5, 0.6) is 5.75 Å². The number of hydrogen-bond donors (Lipinski definition) is 0. The predicted molar refractivity (Wildman–Crippen MR) is 84.3 cm³/mol. The Morgan fingerprint density at radius 2 is 1.76 bits per heavy atom. The van der Waals surface area contributed by atoms with Crippen molar-refractivity contribution < 1.29 is 13.2 Å². The molecule has 0 atom stereocenters. The Hall–Kier alpha value is -1.11. The Labute approximate surface area is 127 Å². The summed E-state index contributed by atoms with van der Waals surface area (Å²) in [6, 6.07) is 6.11. The van der Waals surface area contributed by atoms with Gasteiger partial charge >= 0.3 is 0 Å².